The van der Waals surface area contributed by atoms with Gasteiger partial charge < -0.3 is 10.1 Å². The Hall–Kier alpha value is -0.500. The number of ether oxygens (including phenoxy) is 1. The fraction of sp³-hybridized carbons (Fsp3) is 0.895. The smallest absolute Gasteiger partial charge is 0.109 e. The summed E-state index contributed by atoms with van der Waals surface area (Å²) in [6.45, 7) is 6.80. The minimum atomic E-state index is 0.480. The highest BCUT2D eigenvalue weighted by Crippen LogP contribution is 2.66. The molecular weight excluding hydrogens is 258 g/mol. The fourth-order valence-electron chi connectivity index (χ4n) is 6.74. The molecule has 1 N–H and O–H groups in total. The molecule has 3 atom stereocenters. The van der Waals surface area contributed by atoms with Crippen LogP contribution in [-0.4, -0.2) is 19.2 Å². The lowest BCUT2D eigenvalue weighted by Crippen LogP contribution is -2.59. The highest BCUT2D eigenvalue weighted by Gasteiger charge is 2.59. The summed E-state index contributed by atoms with van der Waals surface area (Å²) in [5.41, 5.74) is 1.10. The summed E-state index contributed by atoms with van der Waals surface area (Å²) in [5.74, 6) is 3.26. The summed E-state index contributed by atoms with van der Waals surface area (Å²) in [6.07, 6.45) is 13.6. The van der Waals surface area contributed by atoms with Gasteiger partial charge in [0.05, 0.1) is 12.6 Å². The molecule has 21 heavy (non-hydrogen) atoms. The van der Waals surface area contributed by atoms with Gasteiger partial charge in [0.1, 0.15) is 5.76 Å². The second kappa shape index (κ2) is 5.01. The molecule has 4 fully saturated rings. The van der Waals surface area contributed by atoms with Crippen LogP contribution in [0.5, 0.6) is 0 Å². The molecule has 0 aromatic rings. The molecule has 118 valence electrons. The van der Waals surface area contributed by atoms with Crippen molar-refractivity contribution in [2.45, 2.75) is 71.3 Å². The summed E-state index contributed by atoms with van der Waals surface area (Å²) in [5, 5.41) is 3.83. The van der Waals surface area contributed by atoms with Crippen molar-refractivity contribution in [2.75, 3.05) is 13.2 Å². The van der Waals surface area contributed by atoms with Crippen LogP contribution in [0.15, 0.2) is 11.8 Å². The molecule has 3 unspecified atom stereocenters. The Morgan fingerprint density at radius 2 is 2.05 bits per heavy atom. The number of nitrogens with one attached hydrogen (secondary N) is 1. The summed E-state index contributed by atoms with van der Waals surface area (Å²) in [6, 6.07) is 0.480. The number of hydrogen-bond acceptors (Lipinski definition) is 2. The van der Waals surface area contributed by atoms with Crippen LogP contribution in [-0.2, 0) is 4.74 Å². The summed E-state index contributed by atoms with van der Waals surface area (Å²) in [4.78, 5) is 0. The minimum Gasteiger partial charge on any atom is -0.497 e. The summed E-state index contributed by atoms with van der Waals surface area (Å²) < 4.78 is 6.11. The van der Waals surface area contributed by atoms with E-state index in [0.29, 0.717) is 16.9 Å². The number of rotatable bonds is 4. The monoisotopic (exact) mass is 289 g/mol. The highest BCUT2D eigenvalue weighted by molar-refractivity contribution is 5.18. The van der Waals surface area contributed by atoms with E-state index in [-0.39, 0.29) is 0 Å². The van der Waals surface area contributed by atoms with E-state index in [9.17, 15) is 0 Å². The van der Waals surface area contributed by atoms with Crippen molar-refractivity contribution in [1.29, 1.82) is 0 Å². The lowest BCUT2D eigenvalue weighted by atomic mass is 9.43. The van der Waals surface area contributed by atoms with Crippen LogP contribution < -0.4 is 5.32 Å². The van der Waals surface area contributed by atoms with Crippen molar-refractivity contribution < 1.29 is 4.74 Å². The molecule has 4 saturated carbocycles. The molecule has 0 aromatic carbocycles. The van der Waals surface area contributed by atoms with E-state index in [1.807, 2.05) is 0 Å². The van der Waals surface area contributed by atoms with Gasteiger partial charge in [0.15, 0.2) is 0 Å². The molecular formula is C19H31NO. The predicted molar refractivity (Wildman–Crippen MR) is 86.0 cm³/mol. The lowest BCUT2D eigenvalue weighted by Gasteiger charge is -2.63. The van der Waals surface area contributed by atoms with Crippen molar-refractivity contribution in [3.8, 4) is 0 Å². The van der Waals surface area contributed by atoms with E-state index < -0.39 is 0 Å². The van der Waals surface area contributed by atoms with Gasteiger partial charge in [0.2, 0.25) is 0 Å². The molecule has 1 aliphatic heterocycles. The van der Waals surface area contributed by atoms with Gasteiger partial charge in [-0.25, -0.2) is 0 Å². The van der Waals surface area contributed by atoms with Gasteiger partial charge in [0, 0.05) is 0 Å². The molecule has 0 spiro atoms. The quantitative estimate of drug-likeness (QED) is 0.834. The molecule has 1 heterocycles. The Morgan fingerprint density at radius 1 is 1.29 bits per heavy atom. The predicted octanol–water partition coefficient (Wildman–Crippen LogP) is 4.27. The number of hydrogen-bond donors (Lipinski definition) is 1. The number of allylic oxidation sites excluding steroid dienone is 1. The second-order valence-electron chi connectivity index (χ2n) is 8.72. The maximum atomic E-state index is 6.11. The van der Waals surface area contributed by atoms with Gasteiger partial charge >= 0.3 is 0 Å². The molecule has 5 aliphatic rings. The molecule has 5 rings (SSSR count). The van der Waals surface area contributed by atoms with E-state index in [1.54, 1.807) is 0 Å². The van der Waals surface area contributed by atoms with Gasteiger partial charge in [-0.05, 0) is 86.7 Å². The molecule has 4 bridgehead atoms. The minimum absolute atomic E-state index is 0.480. The largest absolute Gasteiger partial charge is 0.497 e. The first-order chi connectivity index (χ1) is 10.1. The van der Waals surface area contributed by atoms with Crippen molar-refractivity contribution in [3.05, 3.63) is 11.8 Å². The average molecular weight is 289 g/mol. The topological polar surface area (TPSA) is 21.3 Å². The molecule has 2 nitrogen and oxygen atoms in total. The first kappa shape index (κ1) is 14.1. The third kappa shape index (κ3) is 2.34. The first-order valence-corrected chi connectivity index (χ1v) is 9.19. The molecule has 0 radical (unpaired) electrons. The maximum absolute atomic E-state index is 6.11. The number of likely N-dealkylation sites (N-methyl/N-ethyl adjacent to an activating group) is 1. The van der Waals surface area contributed by atoms with Crippen molar-refractivity contribution in [3.63, 3.8) is 0 Å². The second-order valence-corrected chi connectivity index (χ2v) is 8.72. The normalized spacial score (nSPS) is 46.1. The van der Waals surface area contributed by atoms with E-state index in [1.165, 1.54) is 57.1 Å². The zero-order chi connectivity index (χ0) is 14.5. The lowest BCUT2D eigenvalue weighted by molar-refractivity contribution is -0.119. The van der Waals surface area contributed by atoms with E-state index in [0.717, 1.165) is 25.0 Å². The van der Waals surface area contributed by atoms with Gasteiger partial charge in [0.25, 0.3) is 0 Å². The molecule has 4 aliphatic carbocycles. The molecule has 0 aromatic heterocycles. The Bertz CT molecular complexity index is 427. The fourth-order valence-corrected chi connectivity index (χ4v) is 6.74. The Balaban J connectivity index is 1.66. The van der Waals surface area contributed by atoms with Crippen molar-refractivity contribution in [2.24, 2.45) is 22.7 Å². The van der Waals surface area contributed by atoms with E-state index in [4.69, 9.17) is 4.74 Å². The molecule has 0 amide bonds. The van der Waals surface area contributed by atoms with Crippen molar-refractivity contribution >= 4 is 0 Å². The third-order valence-electron chi connectivity index (χ3n) is 6.67. The Kier molecular flexibility index (Phi) is 3.37. The zero-order valence-electron chi connectivity index (χ0n) is 13.8. The van der Waals surface area contributed by atoms with Gasteiger partial charge in [-0.15, -0.1) is 0 Å². The van der Waals surface area contributed by atoms with Crippen LogP contribution >= 0.6 is 0 Å². The zero-order valence-corrected chi connectivity index (χ0v) is 13.8. The van der Waals surface area contributed by atoms with Crippen LogP contribution in [0.1, 0.15) is 65.2 Å². The van der Waals surface area contributed by atoms with Crippen LogP contribution in [0.4, 0.5) is 0 Å². The highest BCUT2D eigenvalue weighted by atomic mass is 16.5. The summed E-state index contributed by atoms with van der Waals surface area (Å²) in [7, 11) is 0. The summed E-state index contributed by atoms with van der Waals surface area (Å²) >= 11 is 0. The maximum Gasteiger partial charge on any atom is 0.109 e. The standard InChI is InChI=1S/C19H31NO/c1-3-20-17(16-6-4-5-7-21-16)19-11-14-8-15(12-19)10-18(2,9-14)13-19/h6,14-15,17,20H,3-5,7-13H2,1-2H3. The third-order valence-corrected chi connectivity index (χ3v) is 6.67. The van der Waals surface area contributed by atoms with E-state index in [2.05, 4.69) is 25.2 Å². The van der Waals surface area contributed by atoms with Crippen LogP contribution in [0.3, 0.4) is 0 Å². The van der Waals surface area contributed by atoms with Gasteiger partial charge in [-0.2, -0.15) is 0 Å². The van der Waals surface area contributed by atoms with E-state index >= 15 is 0 Å². The average Bonchev–Trinajstić information content (AvgIpc) is 2.43. The van der Waals surface area contributed by atoms with Crippen molar-refractivity contribution in [1.82, 2.24) is 5.32 Å². The van der Waals surface area contributed by atoms with Gasteiger partial charge in [-0.3, -0.25) is 0 Å². The molecule has 2 heteroatoms. The first-order valence-electron chi connectivity index (χ1n) is 9.19. The Labute approximate surface area is 129 Å². The Morgan fingerprint density at radius 3 is 2.62 bits per heavy atom. The van der Waals surface area contributed by atoms with Crippen LogP contribution in [0.25, 0.3) is 0 Å². The molecule has 0 saturated heterocycles. The van der Waals surface area contributed by atoms with Crippen LogP contribution in [0, 0.1) is 22.7 Å². The van der Waals surface area contributed by atoms with Crippen LogP contribution in [0.2, 0.25) is 0 Å². The van der Waals surface area contributed by atoms with Gasteiger partial charge in [-0.1, -0.05) is 13.8 Å². The SMILES string of the molecule is CCNC(C1=CCCCO1)C12CC3CC(CC(C)(C3)C1)C2.